The maximum Gasteiger partial charge on any atom is 0.147 e. The van der Waals surface area contributed by atoms with Crippen molar-refractivity contribution >= 4 is 11.5 Å². The van der Waals surface area contributed by atoms with E-state index in [9.17, 15) is 0 Å². The molecule has 0 aromatic carbocycles. The first-order valence-corrected chi connectivity index (χ1v) is 4.20. The molecular formula is C10H10N4. The summed E-state index contributed by atoms with van der Waals surface area (Å²) in [5.41, 5.74) is 13.4. The van der Waals surface area contributed by atoms with E-state index in [-0.39, 0.29) is 0 Å². The van der Waals surface area contributed by atoms with Crippen LogP contribution in [0.4, 0.5) is 11.5 Å². The van der Waals surface area contributed by atoms with Gasteiger partial charge >= 0.3 is 0 Å². The van der Waals surface area contributed by atoms with Gasteiger partial charge in [0.15, 0.2) is 0 Å². The molecule has 0 aliphatic heterocycles. The van der Waals surface area contributed by atoms with E-state index in [1.807, 2.05) is 18.2 Å². The summed E-state index contributed by atoms with van der Waals surface area (Å²) in [7, 11) is 0. The molecule has 0 radical (unpaired) electrons. The molecule has 0 aliphatic rings. The van der Waals surface area contributed by atoms with Crippen molar-refractivity contribution in [3.63, 3.8) is 0 Å². The zero-order valence-electron chi connectivity index (χ0n) is 7.51. The van der Waals surface area contributed by atoms with Gasteiger partial charge in [-0.2, -0.15) is 0 Å². The van der Waals surface area contributed by atoms with E-state index >= 15 is 0 Å². The average molecular weight is 186 g/mol. The largest absolute Gasteiger partial charge is 0.396 e. The second kappa shape index (κ2) is 3.33. The first kappa shape index (κ1) is 8.50. The van der Waals surface area contributed by atoms with Crippen LogP contribution in [0.15, 0.2) is 36.7 Å². The third kappa shape index (κ3) is 1.50. The van der Waals surface area contributed by atoms with E-state index in [1.165, 1.54) is 0 Å². The fraction of sp³-hybridized carbons (Fsp3) is 0. The summed E-state index contributed by atoms with van der Waals surface area (Å²) in [5.74, 6) is 0.353. The Balaban J connectivity index is 2.48. The summed E-state index contributed by atoms with van der Waals surface area (Å²) in [6, 6.07) is 7.34. The monoisotopic (exact) mass is 186 g/mol. The lowest BCUT2D eigenvalue weighted by Crippen LogP contribution is -1.98. The molecule has 0 saturated heterocycles. The highest BCUT2D eigenvalue weighted by molar-refractivity contribution is 5.66. The van der Waals surface area contributed by atoms with Crippen molar-refractivity contribution in [2.45, 2.75) is 0 Å². The average Bonchev–Trinajstić information content (AvgIpc) is 2.23. The van der Waals surface area contributed by atoms with Crippen LogP contribution in [-0.4, -0.2) is 9.97 Å². The molecule has 0 spiro atoms. The normalized spacial score (nSPS) is 10.0. The first-order valence-electron chi connectivity index (χ1n) is 4.20. The molecule has 70 valence electrons. The number of aromatic nitrogens is 2. The Kier molecular flexibility index (Phi) is 2.02. The van der Waals surface area contributed by atoms with Gasteiger partial charge in [0.25, 0.3) is 0 Å². The van der Waals surface area contributed by atoms with Crippen molar-refractivity contribution in [3.8, 4) is 11.3 Å². The second-order valence-corrected chi connectivity index (χ2v) is 2.91. The zero-order chi connectivity index (χ0) is 9.97. The van der Waals surface area contributed by atoms with Crippen LogP contribution in [0, 0.1) is 0 Å². The highest BCUT2D eigenvalue weighted by atomic mass is 14.9. The molecule has 2 aromatic heterocycles. The number of nitrogens with zero attached hydrogens (tertiary/aromatic N) is 2. The van der Waals surface area contributed by atoms with Gasteiger partial charge in [0, 0.05) is 18.0 Å². The topological polar surface area (TPSA) is 77.8 Å². The van der Waals surface area contributed by atoms with Gasteiger partial charge in [-0.25, -0.2) is 4.98 Å². The molecule has 14 heavy (non-hydrogen) atoms. The Morgan fingerprint density at radius 1 is 1.07 bits per heavy atom. The molecule has 4 N–H and O–H groups in total. The third-order valence-corrected chi connectivity index (χ3v) is 1.91. The third-order valence-electron chi connectivity index (χ3n) is 1.91. The molecule has 0 amide bonds. The number of nitrogens with two attached hydrogens (primary N) is 2. The van der Waals surface area contributed by atoms with Gasteiger partial charge in [-0.1, -0.05) is 0 Å². The zero-order valence-corrected chi connectivity index (χ0v) is 7.51. The molecular weight excluding hydrogens is 176 g/mol. The molecule has 0 bridgehead atoms. The Morgan fingerprint density at radius 2 is 1.93 bits per heavy atom. The summed E-state index contributed by atoms with van der Waals surface area (Å²) >= 11 is 0. The first-order chi connectivity index (χ1) is 6.77. The van der Waals surface area contributed by atoms with E-state index in [0.717, 1.165) is 11.3 Å². The fourth-order valence-corrected chi connectivity index (χ4v) is 1.16. The van der Waals surface area contributed by atoms with Crippen molar-refractivity contribution < 1.29 is 0 Å². The van der Waals surface area contributed by atoms with Crippen LogP contribution in [0.3, 0.4) is 0 Å². The Morgan fingerprint density at radius 3 is 2.57 bits per heavy atom. The van der Waals surface area contributed by atoms with Crippen LogP contribution in [-0.2, 0) is 0 Å². The Bertz CT molecular complexity index is 439. The van der Waals surface area contributed by atoms with Gasteiger partial charge in [-0.3, -0.25) is 4.98 Å². The maximum atomic E-state index is 5.60. The molecule has 2 heterocycles. The number of nitrogen functional groups attached to an aromatic ring is 2. The molecule has 2 rings (SSSR count). The SMILES string of the molecule is Nc1ccc(-c2cccnc2)nc1N. The number of hydrogen-bond donors (Lipinski definition) is 2. The molecule has 0 fully saturated rings. The second-order valence-electron chi connectivity index (χ2n) is 2.91. The Labute approximate surface area is 81.6 Å². The highest BCUT2D eigenvalue weighted by Crippen LogP contribution is 2.19. The van der Waals surface area contributed by atoms with Crippen molar-refractivity contribution in [2.24, 2.45) is 0 Å². The molecule has 4 heteroatoms. The van der Waals surface area contributed by atoms with Crippen molar-refractivity contribution in [3.05, 3.63) is 36.7 Å². The minimum atomic E-state index is 0.353. The summed E-state index contributed by atoms with van der Waals surface area (Å²) in [6.07, 6.45) is 3.45. The van der Waals surface area contributed by atoms with Crippen LogP contribution < -0.4 is 11.5 Å². The molecule has 0 unspecified atom stereocenters. The predicted octanol–water partition coefficient (Wildman–Crippen LogP) is 1.31. The molecule has 0 aliphatic carbocycles. The lowest BCUT2D eigenvalue weighted by Gasteiger charge is -2.02. The Hall–Kier alpha value is -2.10. The van der Waals surface area contributed by atoms with Crippen LogP contribution in [0.2, 0.25) is 0 Å². The van der Waals surface area contributed by atoms with E-state index in [2.05, 4.69) is 9.97 Å². The smallest absolute Gasteiger partial charge is 0.147 e. The van der Waals surface area contributed by atoms with E-state index in [1.54, 1.807) is 18.5 Å². The predicted molar refractivity (Wildman–Crippen MR) is 56.3 cm³/mol. The fourth-order valence-electron chi connectivity index (χ4n) is 1.16. The van der Waals surface area contributed by atoms with Gasteiger partial charge < -0.3 is 11.5 Å². The van der Waals surface area contributed by atoms with Crippen LogP contribution in [0.5, 0.6) is 0 Å². The molecule has 0 atom stereocenters. The highest BCUT2D eigenvalue weighted by Gasteiger charge is 2.01. The maximum absolute atomic E-state index is 5.60. The number of anilines is 2. The van der Waals surface area contributed by atoms with E-state index in [0.29, 0.717) is 11.5 Å². The van der Waals surface area contributed by atoms with Gasteiger partial charge in [0.2, 0.25) is 0 Å². The number of rotatable bonds is 1. The summed E-state index contributed by atoms with van der Waals surface area (Å²) in [5, 5.41) is 0. The lowest BCUT2D eigenvalue weighted by molar-refractivity contribution is 1.28. The van der Waals surface area contributed by atoms with Crippen molar-refractivity contribution in [1.29, 1.82) is 0 Å². The quantitative estimate of drug-likeness (QED) is 0.703. The lowest BCUT2D eigenvalue weighted by atomic mass is 10.2. The van der Waals surface area contributed by atoms with Gasteiger partial charge in [-0.15, -0.1) is 0 Å². The summed E-state index contributed by atoms with van der Waals surface area (Å²) in [6.45, 7) is 0. The van der Waals surface area contributed by atoms with Crippen LogP contribution >= 0.6 is 0 Å². The van der Waals surface area contributed by atoms with Gasteiger partial charge in [0.1, 0.15) is 5.82 Å². The molecule has 4 nitrogen and oxygen atoms in total. The number of pyridine rings is 2. The molecule has 0 saturated carbocycles. The standard InChI is InChI=1S/C10H10N4/c11-8-3-4-9(14-10(8)12)7-2-1-5-13-6-7/h1-6H,11H2,(H2,12,14). The van der Waals surface area contributed by atoms with Crippen LogP contribution in [0.25, 0.3) is 11.3 Å². The van der Waals surface area contributed by atoms with Gasteiger partial charge in [0.05, 0.1) is 11.4 Å². The summed E-state index contributed by atoms with van der Waals surface area (Å²) < 4.78 is 0. The van der Waals surface area contributed by atoms with E-state index < -0.39 is 0 Å². The molecule has 2 aromatic rings. The number of hydrogen-bond acceptors (Lipinski definition) is 4. The van der Waals surface area contributed by atoms with Gasteiger partial charge in [-0.05, 0) is 24.3 Å². The van der Waals surface area contributed by atoms with Crippen LogP contribution in [0.1, 0.15) is 0 Å². The minimum absolute atomic E-state index is 0.353. The van der Waals surface area contributed by atoms with Crippen molar-refractivity contribution in [2.75, 3.05) is 11.5 Å². The minimum Gasteiger partial charge on any atom is -0.396 e. The summed E-state index contributed by atoms with van der Waals surface area (Å²) in [4.78, 5) is 8.16. The van der Waals surface area contributed by atoms with E-state index in [4.69, 9.17) is 11.5 Å². The van der Waals surface area contributed by atoms with Crippen molar-refractivity contribution in [1.82, 2.24) is 9.97 Å².